The van der Waals surface area contributed by atoms with Gasteiger partial charge in [-0.25, -0.2) is 0 Å². The van der Waals surface area contributed by atoms with Gasteiger partial charge in [-0.2, -0.15) is 0 Å². The second-order valence-corrected chi connectivity index (χ2v) is 3.78. The summed E-state index contributed by atoms with van der Waals surface area (Å²) < 4.78 is 0. The molecule has 0 fully saturated rings. The number of nitrogen functional groups attached to an aromatic ring is 1. The molecule has 0 unspecified atom stereocenters. The summed E-state index contributed by atoms with van der Waals surface area (Å²) >= 11 is 0. The molecule has 3 nitrogen and oxygen atoms in total. The lowest BCUT2D eigenvalue weighted by molar-refractivity contribution is 0.112. The van der Waals surface area contributed by atoms with E-state index >= 15 is 0 Å². The van der Waals surface area contributed by atoms with E-state index in [-0.39, 0.29) is 5.75 Å². The van der Waals surface area contributed by atoms with Crippen molar-refractivity contribution in [3.8, 4) is 5.75 Å². The molecule has 0 spiro atoms. The average Bonchev–Trinajstić information content (AvgIpc) is 2.40. The number of para-hydroxylation sites is 1. The van der Waals surface area contributed by atoms with Gasteiger partial charge in [0.25, 0.3) is 0 Å². The first-order valence-corrected chi connectivity index (χ1v) is 5.75. The molecular formula is C15H17NO2. The first-order valence-electron chi connectivity index (χ1n) is 5.75. The van der Waals surface area contributed by atoms with Crippen molar-refractivity contribution < 1.29 is 9.90 Å². The molecule has 2 rings (SSSR count). The summed E-state index contributed by atoms with van der Waals surface area (Å²) in [5, 5.41) is 9.19. The maximum Gasteiger partial charge on any atom is 0.153 e. The molecule has 0 atom stereocenters. The predicted molar refractivity (Wildman–Crippen MR) is 73.7 cm³/mol. The number of hydrogen-bond acceptors (Lipinski definition) is 3. The van der Waals surface area contributed by atoms with E-state index in [4.69, 9.17) is 5.73 Å². The van der Waals surface area contributed by atoms with Crippen LogP contribution < -0.4 is 5.73 Å². The smallest absolute Gasteiger partial charge is 0.153 e. The second-order valence-electron chi connectivity index (χ2n) is 3.78. The molecule has 3 N–H and O–H groups in total. The van der Waals surface area contributed by atoms with E-state index in [9.17, 15) is 9.90 Å². The fourth-order valence-electron chi connectivity index (χ4n) is 1.36. The van der Waals surface area contributed by atoms with Crippen molar-refractivity contribution in [1.82, 2.24) is 0 Å². The van der Waals surface area contributed by atoms with Crippen molar-refractivity contribution in [3.63, 3.8) is 0 Å². The molecular weight excluding hydrogens is 226 g/mol. The summed E-state index contributed by atoms with van der Waals surface area (Å²) in [4.78, 5) is 10.3. The lowest BCUT2D eigenvalue weighted by Gasteiger charge is -1.99. The topological polar surface area (TPSA) is 63.3 Å². The lowest BCUT2D eigenvalue weighted by atomic mass is 10.1. The Morgan fingerprint density at radius 2 is 1.83 bits per heavy atom. The second kappa shape index (κ2) is 7.12. The molecule has 0 aliphatic carbocycles. The van der Waals surface area contributed by atoms with Gasteiger partial charge in [0.15, 0.2) is 6.29 Å². The third kappa shape index (κ3) is 4.29. The average molecular weight is 243 g/mol. The number of benzene rings is 2. The normalized spacial score (nSPS) is 9.17. The summed E-state index contributed by atoms with van der Waals surface area (Å²) in [6.45, 7) is 2.00. The Kier molecular flexibility index (Phi) is 5.45. The number of anilines is 1. The molecule has 0 aliphatic heterocycles. The highest BCUT2D eigenvalue weighted by molar-refractivity contribution is 5.79. The minimum atomic E-state index is 0.0688. The van der Waals surface area contributed by atoms with E-state index in [2.05, 4.69) is 0 Å². The van der Waals surface area contributed by atoms with Gasteiger partial charge in [0.2, 0.25) is 0 Å². The summed E-state index contributed by atoms with van der Waals surface area (Å²) in [7, 11) is 0. The molecule has 0 saturated carbocycles. The standard InChI is InChI=1S/C9H10O2.C6H7N/c1-2-7-3-4-8(6-10)9(11)5-7;7-6-4-2-1-3-5-6/h3-6,11H,2H2,1H3;1-5H,7H2. The van der Waals surface area contributed by atoms with Crippen molar-refractivity contribution in [2.45, 2.75) is 13.3 Å². The van der Waals surface area contributed by atoms with E-state index in [1.807, 2.05) is 43.3 Å². The molecule has 0 aliphatic rings. The first kappa shape index (κ1) is 13.8. The van der Waals surface area contributed by atoms with Crippen LogP contribution in [0.5, 0.6) is 5.75 Å². The molecule has 0 bridgehead atoms. The SMILES string of the molecule is CCc1ccc(C=O)c(O)c1.Nc1ccccc1. The summed E-state index contributed by atoms with van der Waals surface area (Å²) in [5.74, 6) is 0.0688. The Hall–Kier alpha value is -2.29. The third-order valence-electron chi connectivity index (χ3n) is 2.43. The van der Waals surface area contributed by atoms with Crippen molar-refractivity contribution in [1.29, 1.82) is 0 Å². The number of aldehydes is 1. The predicted octanol–water partition coefficient (Wildman–Crippen LogP) is 3.04. The number of aromatic hydroxyl groups is 1. The van der Waals surface area contributed by atoms with Crippen LogP contribution in [0.2, 0.25) is 0 Å². The Balaban J connectivity index is 0.000000199. The van der Waals surface area contributed by atoms with Gasteiger partial charge in [-0.3, -0.25) is 4.79 Å². The molecule has 0 heterocycles. The minimum Gasteiger partial charge on any atom is -0.507 e. The van der Waals surface area contributed by atoms with Crippen molar-refractivity contribution in [2.24, 2.45) is 0 Å². The maximum atomic E-state index is 10.3. The Morgan fingerprint density at radius 1 is 1.17 bits per heavy atom. The van der Waals surface area contributed by atoms with Crippen molar-refractivity contribution in [3.05, 3.63) is 59.7 Å². The first-order chi connectivity index (χ1) is 8.67. The summed E-state index contributed by atoms with van der Waals surface area (Å²) in [6, 6.07) is 14.6. The van der Waals surface area contributed by atoms with Crippen LogP contribution in [0.25, 0.3) is 0 Å². The number of carbonyl (C=O) groups is 1. The van der Waals surface area contributed by atoms with E-state index in [0.29, 0.717) is 11.8 Å². The highest BCUT2D eigenvalue weighted by Gasteiger charge is 1.98. The van der Waals surface area contributed by atoms with Gasteiger partial charge in [-0.05, 0) is 36.2 Å². The van der Waals surface area contributed by atoms with Crippen LogP contribution >= 0.6 is 0 Å². The molecule has 0 amide bonds. The zero-order valence-corrected chi connectivity index (χ0v) is 10.3. The number of carbonyl (C=O) groups excluding carboxylic acids is 1. The number of nitrogens with two attached hydrogens (primary N) is 1. The quantitative estimate of drug-likeness (QED) is 0.629. The van der Waals surface area contributed by atoms with Crippen LogP contribution in [-0.2, 0) is 6.42 Å². The Labute approximate surface area is 107 Å². The monoisotopic (exact) mass is 243 g/mol. The number of rotatable bonds is 2. The van der Waals surface area contributed by atoms with Crippen molar-refractivity contribution in [2.75, 3.05) is 5.73 Å². The van der Waals surface area contributed by atoms with Crippen LogP contribution in [0.15, 0.2) is 48.5 Å². The number of phenols is 1. The van der Waals surface area contributed by atoms with Crippen molar-refractivity contribution >= 4 is 12.0 Å². The van der Waals surface area contributed by atoms with E-state index < -0.39 is 0 Å². The highest BCUT2D eigenvalue weighted by atomic mass is 16.3. The minimum absolute atomic E-state index is 0.0688. The van der Waals surface area contributed by atoms with E-state index in [0.717, 1.165) is 17.7 Å². The van der Waals surface area contributed by atoms with Gasteiger partial charge < -0.3 is 10.8 Å². The summed E-state index contributed by atoms with van der Waals surface area (Å²) in [5.41, 5.74) is 7.56. The van der Waals surface area contributed by atoms with E-state index in [1.165, 1.54) is 0 Å². The molecule has 3 heteroatoms. The number of hydrogen-bond donors (Lipinski definition) is 2. The molecule has 0 saturated heterocycles. The molecule has 94 valence electrons. The van der Waals surface area contributed by atoms with Crippen LogP contribution in [-0.4, -0.2) is 11.4 Å². The zero-order valence-electron chi connectivity index (χ0n) is 10.3. The zero-order chi connectivity index (χ0) is 13.4. The fourth-order valence-corrected chi connectivity index (χ4v) is 1.36. The van der Waals surface area contributed by atoms with Crippen LogP contribution in [0.1, 0.15) is 22.8 Å². The summed E-state index contributed by atoms with van der Waals surface area (Å²) in [6.07, 6.45) is 1.52. The molecule has 18 heavy (non-hydrogen) atoms. The molecule has 0 radical (unpaired) electrons. The van der Waals surface area contributed by atoms with E-state index in [1.54, 1.807) is 12.1 Å². The fraction of sp³-hybridized carbons (Fsp3) is 0.133. The highest BCUT2D eigenvalue weighted by Crippen LogP contribution is 2.16. The largest absolute Gasteiger partial charge is 0.507 e. The van der Waals surface area contributed by atoms with Crippen LogP contribution in [0.4, 0.5) is 5.69 Å². The Morgan fingerprint density at radius 3 is 2.22 bits per heavy atom. The molecule has 0 aromatic heterocycles. The van der Waals surface area contributed by atoms with Gasteiger partial charge in [-0.1, -0.05) is 31.2 Å². The van der Waals surface area contributed by atoms with Gasteiger partial charge in [0.05, 0.1) is 5.56 Å². The Bertz CT molecular complexity index is 495. The van der Waals surface area contributed by atoms with Gasteiger partial charge in [0, 0.05) is 5.69 Å². The van der Waals surface area contributed by atoms with Crippen LogP contribution in [0, 0.1) is 0 Å². The lowest BCUT2D eigenvalue weighted by Crippen LogP contribution is -1.84. The molecule has 2 aromatic rings. The van der Waals surface area contributed by atoms with Gasteiger partial charge >= 0.3 is 0 Å². The number of aryl methyl sites for hydroxylation is 1. The number of phenolic OH excluding ortho intramolecular Hbond substituents is 1. The molecule has 2 aromatic carbocycles. The van der Waals surface area contributed by atoms with Gasteiger partial charge in [0.1, 0.15) is 5.75 Å². The third-order valence-corrected chi connectivity index (χ3v) is 2.43. The maximum absolute atomic E-state index is 10.3. The van der Waals surface area contributed by atoms with Gasteiger partial charge in [-0.15, -0.1) is 0 Å². The van der Waals surface area contributed by atoms with Crippen LogP contribution in [0.3, 0.4) is 0 Å².